The molecular formula is C20H26N4O. The lowest BCUT2D eigenvalue weighted by atomic mass is 10.1. The Hall–Kier alpha value is -2.40. The molecule has 5 nitrogen and oxygen atoms in total. The van der Waals surface area contributed by atoms with Crippen molar-refractivity contribution in [3.63, 3.8) is 0 Å². The van der Waals surface area contributed by atoms with Crippen molar-refractivity contribution >= 4 is 17.4 Å². The van der Waals surface area contributed by atoms with Gasteiger partial charge in [-0.25, -0.2) is 4.98 Å². The zero-order chi connectivity index (χ0) is 17.8. The third-order valence-electron chi connectivity index (χ3n) is 4.53. The summed E-state index contributed by atoms with van der Waals surface area (Å²) in [6, 6.07) is 12.3. The summed E-state index contributed by atoms with van der Waals surface area (Å²) >= 11 is 0. The standard InChI is InChI=1S/C20H26N4O/c1-15-14-16-8-4-5-10-18(16)24(15)19-17(9-6-11-21-19)20(25)22-12-7-13-23(2)3/h4-6,8-11,15H,7,12-14H2,1-3H3,(H,22,25). The van der Waals surface area contributed by atoms with Crippen LogP contribution in [0.2, 0.25) is 0 Å². The van der Waals surface area contributed by atoms with Crippen LogP contribution in [0.5, 0.6) is 0 Å². The van der Waals surface area contributed by atoms with E-state index in [1.165, 1.54) is 5.56 Å². The number of hydrogen-bond acceptors (Lipinski definition) is 4. The van der Waals surface area contributed by atoms with Gasteiger partial charge in [-0.1, -0.05) is 18.2 Å². The van der Waals surface area contributed by atoms with Gasteiger partial charge in [0.05, 0.1) is 5.56 Å². The highest BCUT2D eigenvalue weighted by atomic mass is 16.1. The fourth-order valence-electron chi connectivity index (χ4n) is 3.35. The number of benzene rings is 1. The van der Waals surface area contributed by atoms with Crippen molar-refractivity contribution < 1.29 is 4.79 Å². The predicted molar refractivity (Wildman–Crippen MR) is 101 cm³/mol. The lowest BCUT2D eigenvalue weighted by Crippen LogP contribution is -2.31. The molecule has 1 unspecified atom stereocenters. The molecule has 1 aromatic carbocycles. The predicted octanol–water partition coefficient (Wildman–Crippen LogP) is 2.85. The molecule has 25 heavy (non-hydrogen) atoms. The molecule has 0 bridgehead atoms. The molecule has 0 fully saturated rings. The molecule has 1 aromatic heterocycles. The van der Waals surface area contributed by atoms with Crippen LogP contribution in [-0.2, 0) is 6.42 Å². The summed E-state index contributed by atoms with van der Waals surface area (Å²) in [6.45, 7) is 3.79. The van der Waals surface area contributed by atoms with Gasteiger partial charge in [0.15, 0.2) is 0 Å². The number of nitrogens with zero attached hydrogens (tertiary/aromatic N) is 3. The number of rotatable bonds is 6. The second-order valence-corrected chi connectivity index (χ2v) is 6.84. The van der Waals surface area contributed by atoms with Gasteiger partial charge in [-0.3, -0.25) is 4.79 Å². The summed E-state index contributed by atoms with van der Waals surface area (Å²) in [4.78, 5) is 21.5. The lowest BCUT2D eigenvalue weighted by molar-refractivity contribution is 0.0952. The lowest BCUT2D eigenvalue weighted by Gasteiger charge is -2.25. The van der Waals surface area contributed by atoms with Crippen molar-refractivity contribution in [1.82, 2.24) is 15.2 Å². The van der Waals surface area contributed by atoms with E-state index in [1.54, 1.807) is 6.20 Å². The normalized spacial score (nSPS) is 16.2. The Kier molecular flexibility index (Phi) is 5.34. The number of para-hydroxylation sites is 1. The molecule has 1 amide bonds. The molecule has 1 N–H and O–H groups in total. The van der Waals surface area contributed by atoms with Gasteiger partial charge >= 0.3 is 0 Å². The van der Waals surface area contributed by atoms with Crippen LogP contribution in [0.25, 0.3) is 0 Å². The van der Waals surface area contributed by atoms with Gasteiger partial charge in [-0.15, -0.1) is 0 Å². The molecule has 1 atom stereocenters. The second kappa shape index (κ2) is 7.66. The Balaban J connectivity index is 1.81. The molecule has 0 radical (unpaired) electrons. The number of carbonyl (C=O) groups excluding carboxylic acids is 1. The van der Waals surface area contributed by atoms with Crippen molar-refractivity contribution in [2.45, 2.75) is 25.8 Å². The first-order valence-corrected chi connectivity index (χ1v) is 8.83. The number of carbonyl (C=O) groups is 1. The van der Waals surface area contributed by atoms with Crippen LogP contribution in [0, 0.1) is 0 Å². The minimum absolute atomic E-state index is 0.0570. The molecule has 0 saturated carbocycles. The average Bonchev–Trinajstić information content (AvgIpc) is 2.94. The summed E-state index contributed by atoms with van der Waals surface area (Å²) in [7, 11) is 4.07. The summed E-state index contributed by atoms with van der Waals surface area (Å²) in [5, 5.41) is 3.02. The molecule has 5 heteroatoms. The largest absolute Gasteiger partial charge is 0.352 e. The fourth-order valence-corrected chi connectivity index (χ4v) is 3.35. The van der Waals surface area contributed by atoms with Crippen molar-refractivity contribution in [3.8, 4) is 0 Å². The number of hydrogen-bond donors (Lipinski definition) is 1. The second-order valence-electron chi connectivity index (χ2n) is 6.84. The minimum atomic E-state index is -0.0570. The summed E-state index contributed by atoms with van der Waals surface area (Å²) < 4.78 is 0. The molecule has 132 valence electrons. The van der Waals surface area contributed by atoms with Gasteiger partial charge in [-0.2, -0.15) is 0 Å². The topological polar surface area (TPSA) is 48.5 Å². The van der Waals surface area contributed by atoms with Gasteiger partial charge in [0.1, 0.15) is 5.82 Å². The van der Waals surface area contributed by atoms with Crippen LogP contribution in [0.1, 0.15) is 29.3 Å². The van der Waals surface area contributed by atoms with Crippen molar-refractivity contribution in [2.24, 2.45) is 0 Å². The van der Waals surface area contributed by atoms with E-state index in [0.29, 0.717) is 12.1 Å². The zero-order valence-electron chi connectivity index (χ0n) is 15.2. The van der Waals surface area contributed by atoms with Crippen LogP contribution in [-0.4, -0.2) is 49.0 Å². The van der Waals surface area contributed by atoms with Crippen LogP contribution in [0.3, 0.4) is 0 Å². The Bertz CT molecular complexity index is 744. The SMILES string of the molecule is CC1Cc2ccccc2N1c1ncccc1C(=O)NCCCN(C)C. The molecule has 2 aromatic rings. The highest BCUT2D eigenvalue weighted by Crippen LogP contribution is 2.38. The minimum Gasteiger partial charge on any atom is -0.352 e. The van der Waals surface area contributed by atoms with E-state index in [9.17, 15) is 4.79 Å². The smallest absolute Gasteiger partial charge is 0.255 e. The highest BCUT2D eigenvalue weighted by Gasteiger charge is 2.30. The van der Waals surface area contributed by atoms with Crippen molar-refractivity contribution in [3.05, 3.63) is 53.7 Å². The quantitative estimate of drug-likeness (QED) is 0.823. The Morgan fingerprint density at radius 1 is 1.28 bits per heavy atom. The summed E-state index contributed by atoms with van der Waals surface area (Å²) in [5.74, 6) is 0.684. The molecule has 3 rings (SSSR count). The maximum absolute atomic E-state index is 12.7. The maximum atomic E-state index is 12.7. The van der Waals surface area contributed by atoms with E-state index < -0.39 is 0 Å². The number of amides is 1. The van der Waals surface area contributed by atoms with E-state index in [4.69, 9.17) is 0 Å². The van der Waals surface area contributed by atoms with Gasteiger partial charge in [0.2, 0.25) is 0 Å². The number of aromatic nitrogens is 1. The summed E-state index contributed by atoms with van der Waals surface area (Å²) in [5.41, 5.74) is 3.09. The van der Waals surface area contributed by atoms with E-state index in [0.717, 1.165) is 30.9 Å². The van der Waals surface area contributed by atoms with Crippen LogP contribution < -0.4 is 10.2 Å². The van der Waals surface area contributed by atoms with Crippen molar-refractivity contribution in [2.75, 3.05) is 32.1 Å². The van der Waals surface area contributed by atoms with E-state index >= 15 is 0 Å². The Morgan fingerprint density at radius 3 is 2.88 bits per heavy atom. The first-order valence-electron chi connectivity index (χ1n) is 8.83. The molecule has 0 saturated heterocycles. The van der Waals surface area contributed by atoms with Gasteiger partial charge in [0, 0.05) is 24.5 Å². The number of fused-ring (bicyclic) bond motifs is 1. The van der Waals surface area contributed by atoms with Crippen molar-refractivity contribution in [1.29, 1.82) is 0 Å². The van der Waals surface area contributed by atoms with Gasteiger partial charge in [0.25, 0.3) is 5.91 Å². The highest BCUT2D eigenvalue weighted by molar-refractivity contribution is 6.00. The van der Waals surface area contributed by atoms with Crippen LogP contribution >= 0.6 is 0 Å². The summed E-state index contributed by atoms with van der Waals surface area (Å²) in [6.07, 6.45) is 3.65. The first-order chi connectivity index (χ1) is 12.1. The molecule has 0 aliphatic carbocycles. The number of anilines is 2. The molecule has 2 heterocycles. The fraction of sp³-hybridized carbons (Fsp3) is 0.400. The average molecular weight is 338 g/mol. The number of nitrogens with one attached hydrogen (secondary N) is 1. The van der Waals surface area contributed by atoms with E-state index in [1.807, 2.05) is 32.3 Å². The Morgan fingerprint density at radius 2 is 2.08 bits per heavy atom. The van der Waals surface area contributed by atoms with E-state index in [-0.39, 0.29) is 11.9 Å². The third kappa shape index (κ3) is 3.82. The van der Waals surface area contributed by atoms with E-state index in [2.05, 4.69) is 45.2 Å². The molecule has 1 aliphatic heterocycles. The number of pyridine rings is 1. The van der Waals surface area contributed by atoms with Crippen LogP contribution in [0.4, 0.5) is 11.5 Å². The van der Waals surface area contributed by atoms with Gasteiger partial charge < -0.3 is 15.1 Å². The van der Waals surface area contributed by atoms with Gasteiger partial charge in [-0.05, 0) is 64.2 Å². The first kappa shape index (κ1) is 17.4. The maximum Gasteiger partial charge on any atom is 0.255 e. The zero-order valence-corrected chi connectivity index (χ0v) is 15.2. The molecule has 1 aliphatic rings. The van der Waals surface area contributed by atoms with Crippen LogP contribution in [0.15, 0.2) is 42.6 Å². The molecular weight excluding hydrogens is 312 g/mol. The Labute approximate surface area is 149 Å². The third-order valence-corrected chi connectivity index (χ3v) is 4.53. The monoisotopic (exact) mass is 338 g/mol. The molecule has 0 spiro atoms.